The monoisotopic (exact) mass is 342 g/mol. The molecule has 0 unspecified atom stereocenters. The summed E-state index contributed by atoms with van der Waals surface area (Å²) >= 11 is 1.87. The summed E-state index contributed by atoms with van der Waals surface area (Å²) in [6.45, 7) is 5.04. The zero-order valence-corrected chi connectivity index (χ0v) is 15.0. The average molecular weight is 343 g/mol. The molecule has 1 aromatic carbocycles. The number of aliphatic hydroxyl groups excluding tert-OH is 1. The normalized spacial score (nSPS) is 25.1. The van der Waals surface area contributed by atoms with Gasteiger partial charge >= 0.3 is 0 Å². The van der Waals surface area contributed by atoms with Crippen molar-refractivity contribution in [1.29, 1.82) is 0 Å². The van der Waals surface area contributed by atoms with Crippen molar-refractivity contribution in [2.75, 3.05) is 19.6 Å². The highest BCUT2D eigenvalue weighted by atomic mass is 32.1. The van der Waals surface area contributed by atoms with E-state index in [0.29, 0.717) is 0 Å². The van der Waals surface area contributed by atoms with Crippen molar-refractivity contribution in [2.45, 2.75) is 43.7 Å². The van der Waals surface area contributed by atoms with Gasteiger partial charge in [0.05, 0.1) is 12.1 Å². The Bertz CT molecular complexity index is 705. The van der Waals surface area contributed by atoms with Gasteiger partial charge in [0.2, 0.25) is 0 Å². The molecule has 2 aliphatic rings. The number of rotatable bonds is 4. The van der Waals surface area contributed by atoms with E-state index in [9.17, 15) is 5.11 Å². The lowest BCUT2D eigenvalue weighted by molar-refractivity contribution is 0.0446. The van der Waals surface area contributed by atoms with Crippen molar-refractivity contribution in [3.05, 3.63) is 57.3 Å². The number of fused-ring (bicyclic) bond motifs is 2. The molecule has 3 nitrogen and oxygen atoms in total. The highest BCUT2D eigenvalue weighted by Crippen LogP contribution is 2.49. The van der Waals surface area contributed by atoms with Crippen molar-refractivity contribution in [2.24, 2.45) is 0 Å². The van der Waals surface area contributed by atoms with Crippen LogP contribution in [0.1, 0.15) is 39.8 Å². The van der Waals surface area contributed by atoms with Gasteiger partial charge in [0.15, 0.2) is 0 Å². The van der Waals surface area contributed by atoms with Gasteiger partial charge in [-0.2, -0.15) is 0 Å². The van der Waals surface area contributed by atoms with Crippen molar-refractivity contribution in [3.63, 3.8) is 0 Å². The lowest BCUT2D eigenvalue weighted by Crippen LogP contribution is -2.48. The van der Waals surface area contributed by atoms with E-state index in [1.165, 1.54) is 20.9 Å². The molecule has 1 aromatic heterocycles. The summed E-state index contributed by atoms with van der Waals surface area (Å²) in [6.07, 6.45) is 2.74. The Balaban J connectivity index is 1.52. The molecule has 1 spiro atoms. The topological polar surface area (TPSA) is 44.3 Å². The fourth-order valence-electron chi connectivity index (χ4n) is 4.50. The molecule has 0 radical (unpaired) electrons. The minimum Gasteiger partial charge on any atom is -0.390 e. The molecule has 4 heteroatoms. The summed E-state index contributed by atoms with van der Waals surface area (Å²) in [6, 6.07) is 13.1. The zero-order chi connectivity index (χ0) is 16.6. The van der Waals surface area contributed by atoms with Gasteiger partial charge in [0.25, 0.3) is 0 Å². The minimum atomic E-state index is -0.331. The molecule has 3 N–H and O–H groups in total. The Morgan fingerprint density at radius 2 is 2.00 bits per heavy atom. The van der Waals surface area contributed by atoms with Crippen molar-refractivity contribution < 1.29 is 5.11 Å². The van der Waals surface area contributed by atoms with E-state index in [1.54, 1.807) is 0 Å². The minimum absolute atomic E-state index is 0.0559. The molecule has 24 heavy (non-hydrogen) atoms. The highest BCUT2D eigenvalue weighted by Gasteiger charge is 2.51. The summed E-state index contributed by atoms with van der Waals surface area (Å²) in [5.74, 6) is 0. The number of thiophene rings is 1. The molecule has 1 aliphatic carbocycles. The Labute approximate surface area is 148 Å². The predicted octanol–water partition coefficient (Wildman–Crippen LogP) is 2.93. The standard InChI is InChI=1S/C20H26N2OS/c1-14-6-7-15(24-14)8-11-22-18-16-4-2-3-5-17(16)20(19(18)23)9-12-21-13-10-20/h2-7,18-19,21-23H,8-13H2,1H3/t18-,19+/m1/s1. The smallest absolute Gasteiger partial charge is 0.0832 e. The number of aryl methyl sites for hydroxylation is 1. The van der Waals surface area contributed by atoms with Crippen LogP contribution in [0.25, 0.3) is 0 Å². The molecule has 0 saturated carbocycles. The molecule has 0 bridgehead atoms. The van der Waals surface area contributed by atoms with E-state index >= 15 is 0 Å². The third kappa shape index (κ3) is 2.72. The molecule has 2 atom stereocenters. The van der Waals surface area contributed by atoms with E-state index in [1.807, 2.05) is 11.3 Å². The summed E-state index contributed by atoms with van der Waals surface area (Å²) in [5.41, 5.74) is 2.59. The first-order valence-electron chi connectivity index (χ1n) is 8.98. The van der Waals surface area contributed by atoms with Crippen LogP contribution in [0.2, 0.25) is 0 Å². The van der Waals surface area contributed by atoms with Crippen LogP contribution >= 0.6 is 11.3 Å². The number of hydrogen-bond donors (Lipinski definition) is 3. The van der Waals surface area contributed by atoms with Crippen LogP contribution < -0.4 is 10.6 Å². The lowest BCUT2D eigenvalue weighted by Gasteiger charge is -2.39. The second-order valence-electron chi connectivity index (χ2n) is 7.13. The number of piperidine rings is 1. The van der Waals surface area contributed by atoms with Gasteiger partial charge in [-0.15, -0.1) is 11.3 Å². The lowest BCUT2D eigenvalue weighted by atomic mass is 9.72. The van der Waals surface area contributed by atoms with E-state index < -0.39 is 0 Å². The van der Waals surface area contributed by atoms with Crippen LogP contribution in [0.15, 0.2) is 36.4 Å². The summed E-state index contributed by atoms with van der Waals surface area (Å²) in [4.78, 5) is 2.78. The quantitative estimate of drug-likeness (QED) is 0.800. The Hall–Kier alpha value is -1.20. The first-order chi connectivity index (χ1) is 11.7. The van der Waals surface area contributed by atoms with Crippen LogP contribution in [0.4, 0.5) is 0 Å². The maximum absolute atomic E-state index is 11.2. The highest BCUT2D eigenvalue weighted by molar-refractivity contribution is 7.11. The maximum Gasteiger partial charge on any atom is 0.0832 e. The van der Waals surface area contributed by atoms with Crippen molar-refractivity contribution in [3.8, 4) is 0 Å². The summed E-state index contributed by atoms with van der Waals surface area (Å²) in [5, 5.41) is 18.3. The molecular formula is C20H26N2OS. The Morgan fingerprint density at radius 1 is 1.21 bits per heavy atom. The Kier molecular flexibility index (Phi) is 4.48. The molecule has 1 saturated heterocycles. The van der Waals surface area contributed by atoms with E-state index in [4.69, 9.17) is 0 Å². The van der Waals surface area contributed by atoms with Gasteiger partial charge in [-0.25, -0.2) is 0 Å². The van der Waals surface area contributed by atoms with E-state index in [-0.39, 0.29) is 17.6 Å². The maximum atomic E-state index is 11.2. The van der Waals surface area contributed by atoms with Crippen LogP contribution in [-0.2, 0) is 11.8 Å². The number of nitrogens with one attached hydrogen (secondary N) is 2. The van der Waals surface area contributed by atoms with Gasteiger partial charge in [0.1, 0.15) is 0 Å². The molecular weight excluding hydrogens is 316 g/mol. The third-order valence-electron chi connectivity index (χ3n) is 5.74. The molecule has 0 amide bonds. The van der Waals surface area contributed by atoms with Gasteiger partial charge < -0.3 is 15.7 Å². The van der Waals surface area contributed by atoms with Crippen molar-refractivity contribution >= 4 is 11.3 Å². The third-order valence-corrected chi connectivity index (χ3v) is 6.80. The average Bonchev–Trinajstić information content (AvgIpc) is 3.12. The van der Waals surface area contributed by atoms with Crippen LogP contribution in [0, 0.1) is 6.92 Å². The van der Waals surface area contributed by atoms with Crippen LogP contribution in [0.5, 0.6) is 0 Å². The summed E-state index contributed by atoms with van der Waals surface area (Å²) < 4.78 is 0. The van der Waals surface area contributed by atoms with Gasteiger partial charge in [-0.05, 0) is 62.5 Å². The second-order valence-corrected chi connectivity index (χ2v) is 8.50. The second kappa shape index (κ2) is 6.60. The number of benzene rings is 1. The summed E-state index contributed by atoms with van der Waals surface area (Å²) in [7, 11) is 0. The number of hydrogen-bond acceptors (Lipinski definition) is 4. The fourth-order valence-corrected chi connectivity index (χ4v) is 5.39. The zero-order valence-electron chi connectivity index (χ0n) is 14.2. The Morgan fingerprint density at radius 3 is 2.75 bits per heavy atom. The largest absolute Gasteiger partial charge is 0.390 e. The van der Waals surface area contributed by atoms with E-state index in [2.05, 4.69) is 54.0 Å². The molecule has 2 heterocycles. The van der Waals surface area contributed by atoms with Crippen molar-refractivity contribution in [1.82, 2.24) is 10.6 Å². The van der Waals surface area contributed by atoms with Crippen LogP contribution in [0.3, 0.4) is 0 Å². The molecule has 4 rings (SSSR count). The first-order valence-corrected chi connectivity index (χ1v) is 9.79. The van der Waals surface area contributed by atoms with Gasteiger partial charge in [0, 0.05) is 21.7 Å². The van der Waals surface area contributed by atoms with E-state index in [0.717, 1.165) is 38.9 Å². The van der Waals surface area contributed by atoms with Crippen LogP contribution in [-0.4, -0.2) is 30.8 Å². The predicted molar refractivity (Wildman–Crippen MR) is 99.7 cm³/mol. The molecule has 128 valence electrons. The molecule has 2 aromatic rings. The number of aliphatic hydroxyl groups is 1. The first kappa shape index (κ1) is 16.3. The SMILES string of the molecule is Cc1ccc(CCN[C@@H]2c3ccccc3C3(CCNCC3)[C@H]2O)s1. The van der Waals surface area contributed by atoms with Gasteiger partial charge in [-0.3, -0.25) is 0 Å². The van der Waals surface area contributed by atoms with Gasteiger partial charge in [-0.1, -0.05) is 24.3 Å². The fraction of sp³-hybridized carbons (Fsp3) is 0.500. The molecule has 1 fully saturated rings. The molecule has 1 aliphatic heterocycles.